The van der Waals surface area contributed by atoms with Crippen molar-refractivity contribution in [3.05, 3.63) is 164 Å². The van der Waals surface area contributed by atoms with Crippen molar-refractivity contribution in [1.82, 2.24) is 15.0 Å². The van der Waals surface area contributed by atoms with E-state index in [4.69, 9.17) is 9.97 Å². The Hall–Kier alpha value is -6.19. The molecule has 0 saturated heterocycles. The van der Waals surface area contributed by atoms with Gasteiger partial charge in [0.05, 0.1) is 11.4 Å². The number of hydrogen-bond acceptors (Lipinski definition) is 3. The van der Waals surface area contributed by atoms with Gasteiger partial charge in [-0.05, 0) is 78.8 Å². The average Bonchev–Trinajstić information content (AvgIpc) is 3.14. The molecule has 0 N–H and O–H groups in total. The van der Waals surface area contributed by atoms with Gasteiger partial charge in [0.1, 0.15) is 0 Å². The van der Waals surface area contributed by atoms with Gasteiger partial charge in [0.15, 0.2) is 5.82 Å². The lowest BCUT2D eigenvalue weighted by atomic mass is 9.91. The SMILES string of the molecule is c1ccc(-c2ccc(-c3cc(-c4ccc(-c5ccncc5)cc4)nc(-c4ccc5ccc6cccc7ccc4c5c67)n3)cc2)cc1. The summed E-state index contributed by atoms with van der Waals surface area (Å²) in [6, 6.07) is 53.7. The maximum atomic E-state index is 5.23. The molecule has 0 unspecified atom stereocenters. The lowest BCUT2D eigenvalue weighted by Crippen LogP contribution is -1.97. The van der Waals surface area contributed by atoms with E-state index >= 15 is 0 Å². The van der Waals surface area contributed by atoms with Crippen LogP contribution in [0.4, 0.5) is 0 Å². The van der Waals surface area contributed by atoms with Gasteiger partial charge < -0.3 is 0 Å². The van der Waals surface area contributed by atoms with Crippen LogP contribution in [0.15, 0.2) is 164 Å². The smallest absolute Gasteiger partial charge is 0.161 e. The molecule has 3 nitrogen and oxygen atoms in total. The van der Waals surface area contributed by atoms with Crippen LogP contribution in [0.25, 0.3) is 88.5 Å². The molecule has 0 spiro atoms. The van der Waals surface area contributed by atoms with Crippen molar-refractivity contribution < 1.29 is 0 Å². The molecule has 0 radical (unpaired) electrons. The number of rotatable bonds is 5. The number of pyridine rings is 1. The lowest BCUT2D eigenvalue weighted by Gasteiger charge is -2.15. The standard InChI is InChI=1S/C43H27N3/c1-2-5-28(6-3-1)29-9-13-32(14-10-29)39-27-40(33-15-11-30(12-16-33)31-23-25-44-26-24-31)46-43(45-39)38-22-20-36-18-17-34-7-4-8-35-19-21-37(38)42(36)41(34)35/h1-27H. The van der Waals surface area contributed by atoms with Crippen LogP contribution in [0.3, 0.4) is 0 Å². The van der Waals surface area contributed by atoms with Crippen molar-refractivity contribution in [2.45, 2.75) is 0 Å². The molecule has 9 aromatic rings. The van der Waals surface area contributed by atoms with E-state index in [9.17, 15) is 0 Å². The Labute approximate surface area is 266 Å². The maximum absolute atomic E-state index is 5.23. The normalized spacial score (nSPS) is 11.5. The average molecular weight is 586 g/mol. The first kappa shape index (κ1) is 26.2. The van der Waals surface area contributed by atoms with Crippen LogP contribution >= 0.6 is 0 Å². The van der Waals surface area contributed by atoms with E-state index in [2.05, 4.69) is 138 Å². The highest BCUT2D eigenvalue weighted by Crippen LogP contribution is 2.39. The molecule has 0 saturated carbocycles. The van der Waals surface area contributed by atoms with Crippen LogP contribution in [-0.4, -0.2) is 15.0 Å². The maximum Gasteiger partial charge on any atom is 0.161 e. The zero-order chi connectivity index (χ0) is 30.5. The summed E-state index contributed by atoms with van der Waals surface area (Å²) in [7, 11) is 0. The highest BCUT2D eigenvalue weighted by molar-refractivity contribution is 6.25. The van der Waals surface area contributed by atoms with Gasteiger partial charge in [-0.15, -0.1) is 0 Å². The monoisotopic (exact) mass is 585 g/mol. The Kier molecular flexibility index (Phi) is 6.14. The summed E-state index contributed by atoms with van der Waals surface area (Å²) in [5, 5.41) is 7.43. The van der Waals surface area contributed by atoms with Crippen LogP contribution in [0.1, 0.15) is 0 Å². The summed E-state index contributed by atoms with van der Waals surface area (Å²) in [6.07, 6.45) is 3.65. The van der Waals surface area contributed by atoms with Crippen LogP contribution < -0.4 is 0 Å². The van der Waals surface area contributed by atoms with E-state index in [1.54, 1.807) is 0 Å². The van der Waals surface area contributed by atoms with Gasteiger partial charge >= 0.3 is 0 Å². The molecule has 2 heterocycles. The summed E-state index contributed by atoms with van der Waals surface area (Å²) in [6.45, 7) is 0. The van der Waals surface area contributed by atoms with Gasteiger partial charge in [0.25, 0.3) is 0 Å². The van der Waals surface area contributed by atoms with Crippen molar-refractivity contribution in [3.63, 3.8) is 0 Å². The van der Waals surface area contributed by atoms with Crippen molar-refractivity contribution in [3.8, 4) is 56.2 Å². The van der Waals surface area contributed by atoms with Crippen LogP contribution in [0, 0.1) is 0 Å². The fourth-order valence-corrected chi connectivity index (χ4v) is 6.64. The van der Waals surface area contributed by atoms with Crippen molar-refractivity contribution in [1.29, 1.82) is 0 Å². The Morgan fingerprint density at radius 3 is 1.48 bits per heavy atom. The molecule has 0 bridgehead atoms. The summed E-state index contributed by atoms with van der Waals surface area (Å²) in [5.41, 5.74) is 9.56. The summed E-state index contributed by atoms with van der Waals surface area (Å²) >= 11 is 0. The van der Waals surface area contributed by atoms with E-state index in [0.717, 1.165) is 50.4 Å². The predicted octanol–water partition coefficient (Wildman–Crippen LogP) is 11.1. The number of hydrogen-bond donors (Lipinski definition) is 0. The molecule has 0 fully saturated rings. The second-order valence-electron chi connectivity index (χ2n) is 11.7. The lowest BCUT2D eigenvalue weighted by molar-refractivity contribution is 1.19. The van der Waals surface area contributed by atoms with Gasteiger partial charge in [-0.2, -0.15) is 0 Å². The first-order valence-electron chi connectivity index (χ1n) is 15.5. The Morgan fingerprint density at radius 2 is 0.848 bits per heavy atom. The van der Waals surface area contributed by atoms with Crippen LogP contribution in [0.2, 0.25) is 0 Å². The van der Waals surface area contributed by atoms with Crippen molar-refractivity contribution in [2.24, 2.45) is 0 Å². The molecule has 2 aromatic heterocycles. The molecule has 0 aliphatic carbocycles. The van der Waals surface area contributed by atoms with Gasteiger partial charge in [0, 0.05) is 29.1 Å². The molecule has 0 aliphatic rings. The molecule has 0 amide bonds. The van der Waals surface area contributed by atoms with Crippen molar-refractivity contribution in [2.75, 3.05) is 0 Å². The molecule has 46 heavy (non-hydrogen) atoms. The summed E-state index contributed by atoms with van der Waals surface area (Å²) < 4.78 is 0. The van der Waals surface area contributed by atoms with Gasteiger partial charge in [-0.1, -0.05) is 127 Å². The van der Waals surface area contributed by atoms with Crippen LogP contribution in [0.5, 0.6) is 0 Å². The molecular formula is C43H27N3. The van der Waals surface area contributed by atoms with Gasteiger partial charge in [-0.25, -0.2) is 9.97 Å². The summed E-state index contributed by atoms with van der Waals surface area (Å²) in [4.78, 5) is 14.6. The quantitative estimate of drug-likeness (QED) is 0.189. The van der Waals surface area contributed by atoms with E-state index in [1.165, 1.54) is 38.1 Å². The second kappa shape index (κ2) is 10.8. The Balaban J connectivity index is 1.22. The Morgan fingerprint density at radius 1 is 0.348 bits per heavy atom. The molecule has 0 aliphatic heterocycles. The largest absolute Gasteiger partial charge is 0.265 e. The first-order valence-corrected chi connectivity index (χ1v) is 15.5. The third-order valence-electron chi connectivity index (χ3n) is 8.98. The third-order valence-corrected chi connectivity index (χ3v) is 8.98. The molecule has 7 aromatic carbocycles. The minimum Gasteiger partial charge on any atom is -0.265 e. The fourth-order valence-electron chi connectivity index (χ4n) is 6.64. The highest BCUT2D eigenvalue weighted by Gasteiger charge is 2.16. The van der Waals surface area contributed by atoms with E-state index in [0.29, 0.717) is 0 Å². The molecule has 0 atom stereocenters. The number of aromatic nitrogens is 3. The zero-order valence-corrected chi connectivity index (χ0v) is 24.9. The molecule has 3 heteroatoms. The highest BCUT2D eigenvalue weighted by atomic mass is 14.9. The number of benzene rings is 7. The minimum absolute atomic E-state index is 0.718. The van der Waals surface area contributed by atoms with Crippen molar-refractivity contribution >= 4 is 32.3 Å². The molecule has 9 rings (SSSR count). The van der Waals surface area contributed by atoms with Gasteiger partial charge in [0.2, 0.25) is 0 Å². The summed E-state index contributed by atoms with van der Waals surface area (Å²) in [5.74, 6) is 0.718. The van der Waals surface area contributed by atoms with E-state index in [1.807, 2.05) is 30.6 Å². The predicted molar refractivity (Wildman–Crippen MR) is 191 cm³/mol. The zero-order valence-electron chi connectivity index (χ0n) is 24.9. The second-order valence-corrected chi connectivity index (χ2v) is 11.7. The first-order chi connectivity index (χ1) is 22.8. The minimum atomic E-state index is 0.718. The molecule has 214 valence electrons. The number of nitrogens with zero attached hydrogens (tertiary/aromatic N) is 3. The van der Waals surface area contributed by atoms with E-state index < -0.39 is 0 Å². The third kappa shape index (κ3) is 4.49. The topological polar surface area (TPSA) is 38.7 Å². The van der Waals surface area contributed by atoms with Gasteiger partial charge in [-0.3, -0.25) is 4.98 Å². The molecular weight excluding hydrogens is 558 g/mol. The van der Waals surface area contributed by atoms with E-state index in [-0.39, 0.29) is 0 Å². The Bertz CT molecular complexity index is 2370. The van der Waals surface area contributed by atoms with Crippen LogP contribution in [-0.2, 0) is 0 Å². The fraction of sp³-hybridized carbons (Fsp3) is 0.